The Morgan fingerprint density at radius 1 is 1.12 bits per heavy atom. The summed E-state index contributed by atoms with van der Waals surface area (Å²) in [6.07, 6.45) is 1.75. The number of aliphatic hydroxyl groups is 1. The number of nitrogens with zero attached hydrogens (tertiary/aromatic N) is 3. The molecule has 178 valence electrons. The zero-order chi connectivity index (χ0) is 24.6. The molecule has 2 heterocycles. The van der Waals surface area contributed by atoms with E-state index in [4.69, 9.17) is 16.6 Å². The molecule has 2 aromatic carbocycles. The van der Waals surface area contributed by atoms with Gasteiger partial charge in [-0.15, -0.1) is 0 Å². The van der Waals surface area contributed by atoms with Crippen molar-refractivity contribution in [2.24, 2.45) is 7.05 Å². The molecule has 1 N–H and O–H groups in total. The van der Waals surface area contributed by atoms with Gasteiger partial charge in [0, 0.05) is 36.5 Å². The van der Waals surface area contributed by atoms with E-state index in [9.17, 15) is 13.9 Å². The van der Waals surface area contributed by atoms with E-state index in [-0.39, 0.29) is 12.0 Å². The Morgan fingerprint density at radius 2 is 1.82 bits per heavy atom. The van der Waals surface area contributed by atoms with Crippen LogP contribution in [0.2, 0.25) is 5.02 Å². The normalized spacial score (nSPS) is 12.9. The number of benzene rings is 2. The van der Waals surface area contributed by atoms with E-state index in [1.165, 1.54) is 19.1 Å². The molecule has 2 aromatic heterocycles. The van der Waals surface area contributed by atoms with Gasteiger partial charge >= 0.3 is 0 Å². The van der Waals surface area contributed by atoms with Crippen LogP contribution in [0.15, 0.2) is 48.7 Å². The quantitative estimate of drug-likeness (QED) is 0.319. The summed E-state index contributed by atoms with van der Waals surface area (Å²) in [5.74, 6) is -2.02. The van der Waals surface area contributed by atoms with Crippen molar-refractivity contribution in [1.82, 2.24) is 14.5 Å². The van der Waals surface area contributed by atoms with Gasteiger partial charge in [-0.25, -0.2) is 13.8 Å². The molecule has 0 radical (unpaired) electrons. The van der Waals surface area contributed by atoms with Crippen LogP contribution in [-0.4, -0.2) is 19.6 Å². The number of alkyl halides is 2. The maximum Gasteiger partial charge on any atom is 0.273 e. The number of aromatic nitrogens is 3. The zero-order valence-electron chi connectivity index (χ0n) is 19.7. The van der Waals surface area contributed by atoms with Crippen molar-refractivity contribution < 1.29 is 13.9 Å². The summed E-state index contributed by atoms with van der Waals surface area (Å²) < 4.78 is 29.8. The van der Waals surface area contributed by atoms with Crippen molar-refractivity contribution >= 4 is 22.5 Å². The number of aliphatic hydroxyl groups excluding tert-OH is 1. The molecular formula is C27H28ClF2N3O. The molecule has 0 amide bonds. The first-order valence-corrected chi connectivity index (χ1v) is 11.8. The van der Waals surface area contributed by atoms with Gasteiger partial charge in [0.15, 0.2) is 0 Å². The third-order valence-corrected chi connectivity index (χ3v) is 6.95. The fourth-order valence-corrected chi connectivity index (χ4v) is 4.52. The average molecular weight is 484 g/mol. The highest BCUT2D eigenvalue weighted by Gasteiger charge is 2.28. The van der Waals surface area contributed by atoms with Gasteiger partial charge in [-0.1, -0.05) is 55.8 Å². The molecule has 0 fully saturated rings. The van der Waals surface area contributed by atoms with E-state index < -0.39 is 12.0 Å². The molecule has 4 nitrogen and oxygen atoms in total. The lowest BCUT2D eigenvalue weighted by Crippen LogP contribution is -2.11. The van der Waals surface area contributed by atoms with Crippen LogP contribution in [0, 0.1) is 6.92 Å². The third kappa shape index (κ3) is 4.44. The van der Waals surface area contributed by atoms with E-state index >= 15 is 0 Å². The largest absolute Gasteiger partial charge is 0.382 e. The summed E-state index contributed by atoms with van der Waals surface area (Å²) in [6.45, 7) is 5.37. The first kappa shape index (κ1) is 24.3. The average Bonchev–Trinajstić information content (AvgIpc) is 3.18. The van der Waals surface area contributed by atoms with Gasteiger partial charge in [0.2, 0.25) is 0 Å². The molecule has 7 heteroatoms. The Hall–Kier alpha value is -2.83. The molecule has 4 rings (SSSR count). The smallest absolute Gasteiger partial charge is 0.273 e. The number of hydrogen-bond donors (Lipinski definition) is 1. The minimum atomic E-state index is -2.83. The van der Waals surface area contributed by atoms with Crippen molar-refractivity contribution in [2.45, 2.75) is 52.1 Å². The van der Waals surface area contributed by atoms with Crippen molar-refractivity contribution in [3.05, 3.63) is 93.2 Å². The second kappa shape index (κ2) is 9.43. The lowest BCUT2D eigenvalue weighted by atomic mass is 9.96. The Morgan fingerprint density at radius 3 is 2.41 bits per heavy atom. The van der Waals surface area contributed by atoms with Gasteiger partial charge in [0.1, 0.15) is 11.9 Å². The van der Waals surface area contributed by atoms with Crippen LogP contribution in [0.1, 0.15) is 65.8 Å². The minimum Gasteiger partial charge on any atom is -0.382 e. The summed E-state index contributed by atoms with van der Waals surface area (Å²) in [7, 11) is 1.86. The molecule has 34 heavy (non-hydrogen) atoms. The molecule has 4 aromatic rings. The van der Waals surface area contributed by atoms with Gasteiger partial charge in [0.25, 0.3) is 5.92 Å². The number of pyridine rings is 1. The number of rotatable bonds is 7. The SMILES string of the molecule is CCc1nc2ccc(C(O)c3cnc(C)n3C)cc2c(Cl)c1Cc1ccc(C(F)(F)CC)cc1. The third-order valence-electron chi connectivity index (χ3n) is 6.51. The fourth-order valence-electron chi connectivity index (χ4n) is 4.19. The fraction of sp³-hybridized carbons (Fsp3) is 0.333. The van der Waals surface area contributed by atoms with Crippen LogP contribution in [0.5, 0.6) is 0 Å². The molecule has 0 saturated heterocycles. The van der Waals surface area contributed by atoms with Crippen LogP contribution < -0.4 is 0 Å². The summed E-state index contributed by atoms with van der Waals surface area (Å²) in [5, 5.41) is 12.3. The maximum absolute atomic E-state index is 14.0. The second-order valence-electron chi connectivity index (χ2n) is 8.60. The highest BCUT2D eigenvalue weighted by molar-refractivity contribution is 6.36. The summed E-state index contributed by atoms with van der Waals surface area (Å²) in [6, 6.07) is 12.0. The second-order valence-corrected chi connectivity index (χ2v) is 8.98. The van der Waals surface area contributed by atoms with Crippen molar-refractivity contribution in [3.63, 3.8) is 0 Å². The van der Waals surface area contributed by atoms with Gasteiger partial charge in [0.05, 0.1) is 22.4 Å². The van der Waals surface area contributed by atoms with Crippen LogP contribution in [-0.2, 0) is 25.8 Å². The monoisotopic (exact) mass is 483 g/mol. The van der Waals surface area contributed by atoms with E-state index in [0.717, 1.165) is 33.5 Å². The molecule has 1 atom stereocenters. The number of imidazole rings is 1. The molecule has 1 unspecified atom stereocenters. The number of hydrogen-bond acceptors (Lipinski definition) is 3. The topological polar surface area (TPSA) is 50.9 Å². The van der Waals surface area contributed by atoms with Crippen LogP contribution in [0.25, 0.3) is 10.9 Å². The van der Waals surface area contributed by atoms with Crippen molar-refractivity contribution in [3.8, 4) is 0 Å². The predicted molar refractivity (Wildman–Crippen MR) is 132 cm³/mol. The molecule has 0 bridgehead atoms. The standard InChI is InChI=1S/C27H28ClF2N3O/c1-5-22-20(13-17-7-10-19(11-8-17)27(29,30)6-2)25(28)21-14-18(9-12-23(21)32-22)26(34)24-15-31-16(3)33(24)4/h7-12,14-15,26,34H,5-6,13H2,1-4H3. The van der Waals surface area contributed by atoms with Gasteiger partial charge < -0.3 is 9.67 Å². The van der Waals surface area contributed by atoms with Gasteiger partial charge in [-0.05, 0) is 42.2 Å². The Bertz CT molecular complexity index is 1330. The van der Waals surface area contributed by atoms with Gasteiger partial charge in [-0.2, -0.15) is 0 Å². The molecule has 0 aliphatic rings. The highest BCUT2D eigenvalue weighted by atomic mass is 35.5. The lowest BCUT2D eigenvalue weighted by Gasteiger charge is -2.17. The van der Waals surface area contributed by atoms with Gasteiger partial charge in [-0.3, -0.25) is 4.98 Å². The highest BCUT2D eigenvalue weighted by Crippen LogP contribution is 2.35. The number of aryl methyl sites for hydroxylation is 2. The Labute approximate surface area is 203 Å². The molecule has 0 spiro atoms. The first-order valence-electron chi connectivity index (χ1n) is 11.4. The zero-order valence-corrected chi connectivity index (χ0v) is 20.5. The number of halogens is 3. The van der Waals surface area contributed by atoms with Crippen LogP contribution in [0.4, 0.5) is 8.78 Å². The minimum absolute atomic E-state index is 0.0150. The van der Waals surface area contributed by atoms with E-state index in [1.54, 1.807) is 18.3 Å². The van der Waals surface area contributed by atoms with Crippen LogP contribution in [0.3, 0.4) is 0 Å². The lowest BCUT2D eigenvalue weighted by molar-refractivity contribution is -0.00829. The van der Waals surface area contributed by atoms with Crippen molar-refractivity contribution in [1.29, 1.82) is 0 Å². The predicted octanol–water partition coefficient (Wildman–Crippen LogP) is 6.67. The summed E-state index contributed by atoms with van der Waals surface area (Å²) >= 11 is 6.90. The molecule has 0 aliphatic heterocycles. The van der Waals surface area contributed by atoms with Crippen LogP contribution >= 0.6 is 11.6 Å². The van der Waals surface area contributed by atoms with E-state index in [0.29, 0.717) is 29.1 Å². The molecule has 0 aliphatic carbocycles. The summed E-state index contributed by atoms with van der Waals surface area (Å²) in [4.78, 5) is 9.08. The summed E-state index contributed by atoms with van der Waals surface area (Å²) in [5.41, 5.74) is 4.78. The first-order chi connectivity index (χ1) is 16.2. The van der Waals surface area contributed by atoms with E-state index in [1.807, 2.05) is 43.7 Å². The Kier molecular flexibility index (Phi) is 6.74. The van der Waals surface area contributed by atoms with Crippen molar-refractivity contribution in [2.75, 3.05) is 0 Å². The Balaban J connectivity index is 1.73. The maximum atomic E-state index is 14.0. The van der Waals surface area contributed by atoms with E-state index in [2.05, 4.69) is 4.98 Å². The molecular weight excluding hydrogens is 456 g/mol. The molecule has 0 saturated carbocycles. The number of fused-ring (bicyclic) bond motifs is 1.